The smallest absolute Gasteiger partial charge is 0.335 e. The van der Waals surface area contributed by atoms with Crippen LogP contribution in [-0.2, 0) is 0 Å². The summed E-state index contributed by atoms with van der Waals surface area (Å²) in [6.07, 6.45) is 11.3. The zero-order chi connectivity index (χ0) is 24.5. The van der Waals surface area contributed by atoms with Crippen molar-refractivity contribution in [1.82, 2.24) is 19.6 Å². The highest BCUT2D eigenvalue weighted by Gasteiger charge is 2.23. The number of aromatic carboxylic acids is 1. The fourth-order valence-electron chi connectivity index (χ4n) is 5.53. The molecule has 2 saturated carbocycles. The van der Waals surface area contributed by atoms with Gasteiger partial charge in [0, 0.05) is 23.8 Å². The number of nitrogens with one attached hydrogen (secondary N) is 2. The number of hydrogen-bond donors (Lipinski definition) is 3. The number of carbonyl (C=O) groups is 1. The minimum absolute atomic E-state index is 0.228. The van der Waals surface area contributed by atoms with Gasteiger partial charge in [0.05, 0.1) is 22.3 Å². The summed E-state index contributed by atoms with van der Waals surface area (Å²) in [6.45, 7) is 0. The van der Waals surface area contributed by atoms with Gasteiger partial charge in [0.1, 0.15) is 11.5 Å². The fourth-order valence-corrected chi connectivity index (χ4v) is 5.53. The van der Waals surface area contributed by atoms with Gasteiger partial charge in [0.15, 0.2) is 0 Å². The number of hydrogen-bond acceptors (Lipinski definition) is 6. The molecule has 0 saturated heterocycles. The SMILES string of the molecule is O=C(O)c1cccc(-c2nn3c(NC4CCCC4)cccc3c2-c2ccnc(NC3CCCC3)n2)c1. The highest BCUT2D eigenvalue weighted by molar-refractivity contribution is 5.94. The normalized spacial score (nSPS) is 16.6. The van der Waals surface area contributed by atoms with Gasteiger partial charge in [0.2, 0.25) is 5.95 Å². The van der Waals surface area contributed by atoms with Crippen LogP contribution in [0.3, 0.4) is 0 Å². The van der Waals surface area contributed by atoms with E-state index >= 15 is 0 Å². The molecule has 0 amide bonds. The number of carboxylic acid groups (broad SMARTS) is 1. The summed E-state index contributed by atoms with van der Waals surface area (Å²) in [7, 11) is 0. The molecule has 0 aliphatic heterocycles. The quantitative estimate of drug-likeness (QED) is 0.303. The highest BCUT2D eigenvalue weighted by Crippen LogP contribution is 2.36. The molecule has 0 bridgehead atoms. The summed E-state index contributed by atoms with van der Waals surface area (Å²) < 4.78 is 1.93. The molecule has 2 fully saturated rings. The molecule has 6 rings (SSSR count). The monoisotopic (exact) mass is 482 g/mol. The van der Waals surface area contributed by atoms with Crippen molar-refractivity contribution in [2.45, 2.75) is 63.5 Å². The zero-order valence-corrected chi connectivity index (χ0v) is 20.2. The molecular weight excluding hydrogens is 452 g/mol. The summed E-state index contributed by atoms with van der Waals surface area (Å²) in [5.74, 6) is 0.583. The van der Waals surface area contributed by atoms with Gasteiger partial charge in [-0.05, 0) is 56.0 Å². The summed E-state index contributed by atoms with van der Waals surface area (Å²) in [5, 5.41) is 21.8. The number of fused-ring (bicyclic) bond motifs is 1. The number of rotatable bonds is 7. The third-order valence-electron chi connectivity index (χ3n) is 7.35. The Kier molecular flexibility index (Phi) is 6.01. The van der Waals surface area contributed by atoms with E-state index in [1.54, 1.807) is 24.4 Å². The van der Waals surface area contributed by atoms with Crippen molar-refractivity contribution in [3.63, 3.8) is 0 Å². The van der Waals surface area contributed by atoms with Gasteiger partial charge < -0.3 is 15.7 Å². The van der Waals surface area contributed by atoms with Crippen molar-refractivity contribution in [3.8, 4) is 22.5 Å². The molecule has 0 atom stereocenters. The molecular formula is C28H30N6O2. The number of benzene rings is 1. The van der Waals surface area contributed by atoms with Crippen molar-refractivity contribution in [1.29, 1.82) is 0 Å². The Bertz CT molecular complexity index is 1400. The third-order valence-corrected chi connectivity index (χ3v) is 7.35. The molecule has 2 aliphatic carbocycles. The Morgan fingerprint density at radius 2 is 1.64 bits per heavy atom. The van der Waals surface area contributed by atoms with Crippen molar-refractivity contribution < 1.29 is 9.90 Å². The van der Waals surface area contributed by atoms with Gasteiger partial charge in [0.25, 0.3) is 0 Å². The van der Waals surface area contributed by atoms with Crippen LogP contribution in [0.4, 0.5) is 11.8 Å². The lowest BCUT2D eigenvalue weighted by atomic mass is 10.0. The van der Waals surface area contributed by atoms with Crippen LogP contribution in [0.5, 0.6) is 0 Å². The molecule has 8 nitrogen and oxygen atoms in total. The van der Waals surface area contributed by atoms with Gasteiger partial charge in [-0.3, -0.25) is 0 Å². The average molecular weight is 483 g/mol. The van der Waals surface area contributed by atoms with E-state index in [4.69, 9.17) is 10.1 Å². The Balaban J connectivity index is 1.49. The maximum absolute atomic E-state index is 11.7. The molecule has 1 aromatic carbocycles. The maximum atomic E-state index is 11.7. The third kappa shape index (κ3) is 4.39. The van der Waals surface area contributed by atoms with Gasteiger partial charge in [-0.15, -0.1) is 0 Å². The van der Waals surface area contributed by atoms with E-state index in [9.17, 15) is 9.90 Å². The molecule has 0 spiro atoms. The number of aromatic nitrogens is 4. The van der Waals surface area contributed by atoms with Crippen molar-refractivity contribution >= 4 is 23.3 Å². The zero-order valence-electron chi connectivity index (χ0n) is 20.2. The first-order chi connectivity index (χ1) is 17.7. The first-order valence-corrected chi connectivity index (χ1v) is 12.9. The molecule has 3 N–H and O–H groups in total. The molecule has 36 heavy (non-hydrogen) atoms. The predicted molar refractivity (Wildman–Crippen MR) is 140 cm³/mol. The second kappa shape index (κ2) is 9.60. The second-order valence-corrected chi connectivity index (χ2v) is 9.83. The summed E-state index contributed by atoms with van der Waals surface area (Å²) in [5.41, 5.74) is 4.21. The Hall–Kier alpha value is -3.94. The average Bonchev–Trinajstić information content (AvgIpc) is 3.66. The van der Waals surface area contributed by atoms with E-state index in [0.717, 1.165) is 53.8 Å². The number of nitrogens with zero attached hydrogens (tertiary/aromatic N) is 4. The number of carboxylic acids is 1. The van der Waals surface area contributed by atoms with Gasteiger partial charge in [-0.25, -0.2) is 19.3 Å². The van der Waals surface area contributed by atoms with E-state index in [-0.39, 0.29) is 5.56 Å². The van der Waals surface area contributed by atoms with Crippen molar-refractivity contribution in [2.24, 2.45) is 0 Å². The lowest BCUT2D eigenvalue weighted by Gasteiger charge is -2.14. The van der Waals surface area contributed by atoms with Crippen molar-refractivity contribution in [2.75, 3.05) is 10.6 Å². The van der Waals surface area contributed by atoms with Crippen LogP contribution in [0.15, 0.2) is 54.7 Å². The summed E-state index contributed by atoms with van der Waals surface area (Å²) in [6, 6.07) is 15.8. The van der Waals surface area contributed by atoms with Gasteiger partial charge in [-0.2, -0.15) is 5.10 Å². The topological polar surface area (TPSA) is 104 Å². The Morgan fingerprint density at radius 3 is 2.39 bits per heavy atom. The van der Waals surface area contributed by atoms with Gasteiger partial charge >= 0.3 is 5.97 Å². The van der Waals surface area contributed by atoms with Crippen LogP contribution < -0.4 is 10.6 Å². The molecule has 3 aromatic heterocycles. The minimum Gasteiger partial charge on any atom is -0.478 e. The Labute approximate surface area is 209 Å². The molecule has 0 unspecified atom stereocenters. The van der Waals surface area contributed by atoms with Crippen LogP contribution >= 0.6 is 0 Å². The lowest BCUT2D eigenvalue weighted by molar-refractivity contribution is 0.0697. The first-order valence-electron chi connectivity index (χ1n) is 12.9. The number of pyridine rings is 1. The van der Waals surface area contributed by atoms with Crippen LogP contribution in [0.25, 0.3) is 28.0 Å². The molecule has 4 aromatic rings. The number of anilines is 2. The predicted octanol–water partition coefficient (Wildman–Crippen LogP) is 5.87. The van der Waals surface area contributed by atoms with E-state index in [1.165, 1.54) is 25.7 Å². The fraction of sp³-hybridized carbons (Fsp3) is 0.357. The maximum Gasteiger partial charge on any atom is 0.335 e. The highest BCUT2D eigenvalue weighted by atomic mass is 16.4. The van der Waals surface area contributed by atoms with E-state index in [0.29, 0.717) is 23.7 Å². The molecule has 3 heterocycles. The lowest BCUT2D eigenvalue weighted by Crippen LogP contribution is -2.17. The summed E-state index contributed by atoms with van der Waals surface area (Å²) in [4.78, 5) is 21.1. The van der Waals surface area contributed by atoms with Crippen LogP contribution in [0, 0.1) is 0 Å². The van der Waals surface area contributed by atoms with E-state index in [1.807, 2.05) is 34.8 Å². The largest absolute Gasteiger partial charge is 0.478 e. The van der Waals surface area contributed by atoms with Crippen LogP contribution in [0.2, 0.25) is 0 Å². The minimum atomic E-state index is -0.962. The standard InChI is InChI=1S/C28H30N6O2/c35-27(36)19-8-5-7-18(17-19)26-25(22-15-16-29-28(32-22)31-21-11-3-4-12-21)23-13-6-14-24(34(23)33-26)30-20-9-1-2-10-20/h5-8,13-17,20-21,30H,1-4,9-12H2,(H,35,36)(H,29,31,32). The second-order valence-electron chi connectivity index (χ2n) is 9.83. The molecule has 184 valence electrons. The molecule has 0 radical (unpaired) electrons. The molecule has 2 aliphatic rings. The van der Waals surface area contributed by atoms with E-state index in [2.05, 4.69) is 15.6 Å². The first kappa shape index (κ1) is 22.5. The van der Waals surface area contributed by atoms with Crippen LogP contribution in [-0.4, -0.2) is 42.7 Å². The van der Waals surface area contributed by atoms with Gasteiger partial charge in [-0.1, -0.05) is 43.9 Å². The van der Waals surface area contributed by atoms with Crippen molar-refractivity contribution in [3.05, 3.63) is 60.3 Å². The Morgan fingerprint density at radius 1 is 0.917 bits per heavy atom. The molecule has 8 heteroatoms. The summed E-state index contributed by atoms with van der Waals surface area (Å²) >= 11 is 0. The van der Waals surface area contributed by atoms with E-state index < -0.39 is 5.97 Å². The van der Waals surface area contributed by atoms with Crippen LogP contribution in [0.1, 0.15) is 61.7 Å².